The number of hydrogen-bond acceptors (Lipinski definition) is 4. The van der Waals surface area contributed by atoms with Crippen LogP contribution in [-0.2, 0) is 4.79 Å². The summed E-state index contributed by atoms with van der Waals surface area (Å²) >= 11 is 0. The summed E-state index contributed by atoms with van der Waals surface area (Å²) in [6.07, 6.45) is 1.48. The molecule has 0 bridgehead atoms. The fourth-order valence-corrected chi connectivity index (χ4v) is 1.64. The van der Waals surface area contributed by atoms with Gasteiger partial charge in [-0.05, 0) is 31.2 Å². The quantitative estimate of drug-likeness (QED) is 0.875. The average molecular weight is 302 g/mol. The lowest BCUT2D eigenvalue weighted by molar-refractivity contribution is -0.130. The van der Waals surface area contributed by atoms with Crippen LogP contribution < -0.4 is 10.1 Å². The van der Waals surface area contributed by atoms with Gasteiger partial charge >= 0.3 is 0 Å². The number of anilines is 1. The lowest BCUT2D eigenvalue weighted by atomic mass is 10.3. The third kappa shape index (κ3) is 4.08. The number of nitrogens with one attached hydrogen (secondary N) is 2. The smallest absolute Gasteiger partial charge is 0.273 e. The molecule has 7 nitrogen and oxygen atoms in total. The SMILES string of the molecule is Cc1ncc(C(=O)Nc2ccc(OCC(=O)N(C)C)cc2)[nH]1. The Kier molecular flexibility index (Phi) is 4.77. The van der Waals surface area contributed by atoms with Crippen LogP contribution in [0.25, 0.3) is 0 Å². The van der Waals surface area contributed by atoms with Crippen LogP contribution >= 0.6 is 0 Å². The zero-order valence-electron chi connectivity index (χ0n) is 12.7. The molecule has 1 aromatic heterocycles. The number of likely N-dealkylation sites (N-methyl/N-ethyl adjacent to an activating group) is 1. The van der Waals surface area contributed by atoms with Crippen molar-refractivity contribution in [3.8, 4) is 5.75 Å². The highest BCUT2D eigenvalue weighted by Gasteiger charge is 2.09. The Hall–Kier alpha value is -2.83. The summed E-state index contributed by atoms with van der Waals surface area (Å²) in [7, 11) is 3.34. The summed E-state index contributed by atoms with van der Waals surface area (Å²) in [5.41, 5.74) is 1.03. The summed E-state index contributed by atoms with van der Waals surface area (Å²) in [4.78, 5) is 31.7. The molecular weight excluding hydrogens is 284 g/mol. The van der Waals surface area contributed by atoms with Gasteiger partial charge in [-0.3, -0.25) is 9.59 Å². The summed E-state index contributed by atoms with van der Waals surface area (Å²) in [6, 6.07) is 6.79. The number of benzene rings is 1. The minimum absolute atomic E-state index is 0.0217. The Bertz CT molecular complexity index is 662. The molecule has 0 aliphatic carbocycles. The van der Waals surface area contributed by atoms with Crippen molar-refractivity contribution >= 4 is 17.5 Å². The van der Waals surface area contributed by atoms with E-state index < -0.39 is 0 Å². The van der Waals surface area contributed by atoms with Gasteiger partial charge in [0.05, 0.1) is 6.20 Å². The van der Waals surface area contributed by atoms with Crippen molar-refractivity contribution in [2.24, 2.45) is 0 Å². The normalized spacial score (nSPS) is 10.1. The first-order valence-corrected chi connectivity index (χ1v) is 6.71. The fourth-order valence-electron chi connectivity index (χ4n) is 1.64. The van der Waals surface area contributed by atoms with Crippen LogP contribution in [0.4, 0.5) is 5.69 Å². The van der Waals surface area contributed by atoms with Crippen LogP contribution in [0.15, 0.2) is 30.5 Å². The second-order valence-electron chi connectivity index (χ2n) is 4.94. The lowest BCUT2D eigenvalue weighted by Gasteiger charge is -2.11. The van der Waals surface area contributed by atoms with Gasteiger partial charge in [0.1, 0.15) is 17.3 Å². The molecule has 2 amide bonds. The molecule has 1 heterocycles. The monoisotopic (exact) mass is 302 g/mol. The van der Waals surface area contributed by atoms with Crippen molar-refractivity contribution < 1.29 is 14.3 Å². The van der Waals surface area contributed by atoms with Gasteiger partial charge in [0.2, 0.25) is 0 Å². The second kappa shape index (κ2) is 6.75. The van der Waals surface area contributed by atoms with E-state index in [0.29, 0.717) is 23.0 Å². The maximum atomic E-state index is 11.9. The number of aromatic amines is 1. The van der Waals surface area contributed by atoms with E-state index in [0.717, 1.165) is 0 Å². The minimum Gasteiger partial charge on any atom is -0.484 e. The Morgan fingerprint density at radius 2 is 1.95 bits per heavy atom. The zero-order chi connectivity index (χ0) is 16.1. The van der Waals surface area contributed by atoms with Crippen molar-refractivity contribution in [2.75, 3.05) is 26.0 Å². The third-order valence-electron chi connectivity index (χ3n) is 2.92. The zero-order valence-corrected chi connectivity index (χ0v) is 12.7. The van der Waals surface area contributed by atoms with Gasteiger partial charge in [-0.2, -0.15) is 0 Å². The van der Waals surface area contributed by atoms with Crippen LogP contribution in [0.2, 0.25) is 0 Å². The van der Waals surface area contributed by atoms with Gasteiger partial charge in [-0.15, -0.1) is 0 Å². The number of H-pyrrole nitrogens is 1. The largest absolute Gasteiger partial charge is 0.484 e. The van der Waals surface area contributed by atoms with Crippen LogP contribution in [0.1, 0.15) is 16.3 Å². The first kappa shape index (κ1) is 15.6. The van der Waals surface area contributed by atoms with Crippen LogP contribution in [-0.4, -0.2) is 47.4 Å². The molecule has 2 aromatic rings. The predicted molar refractivity (Wildman–Crippen MR) is 81.9 cm³/mol. The van der Waals surface area contributed by atoms with E-state index in [4.69, 9.17) is 4.74 Å². The number of aryl methyl sites for hydroxylation is 1. The van der Waals surface area contributed by atoms with Gasteiger partial charge in [0.25, 0.3) is 11.8 Å². The predicted octanol–water partition coefficient (Wildman–Crippen LogP) is 1.44. The van der Waals surface area contributed by atoms with Gasteiger partial charge in [-0.1, -0.05) is 0 Å². The molecule has 0 fully saturated rings. The molecule has 0 aliphatic rings. The van der Waals surface area contributed by atoms with Gasteiger partial charge in [0.15, 0.2) is 6.61 Å². The summed E-state index contributed by atoms with van der Waals surface area (Å²) in [5, 5.41) is 2.74. The van der Waals surface area contributed by atoms with Gasteiger partial charge in [-0.25, -0.2) is 4.98 Å². The molecule has 0 aliphatic heterocycles. The second-order valence-corrected chi connectivity index (χ2v) is 4.94. The number of carbonyl (C=O) groups is 2. The standard InChI is InChI=1S/C15H18N4O3/c1-10-16-8-13(17-10)15(21)18-11-4-6-12(7-5-11)22-9-14(20)19(2)3/h4-8H,9H2,1-3H3,(H,16,17)(H,18,21). The van der Waals surface area contributed by atoms with Crippen LogP contribution in [0.5, 0.6) is 5.75 Å². The number of aromatic nitrogens is 2. The molecule has 0 radical (unpaired) electrons. The molecule has 0 saturated heterocycles. The molecule has 2 N–H and O–H groups in total. The fraction of sp³-hybridized carbons (Fsp3) is 0.267. The Balaban J connectivity index is 1.91. The molecule has 22 heavy (non-hydrogen) atoms. The molecule has 0 spiro atoms. The number of ether oxygens (including phenoxy) is 1. The number of rotatable bonds is 5. The van der Waals surface area contributed by atoms with E-state index in [1.807, 2.05) is 0 Å². The van der Waals surface area contributed by atoms with Gasteiger partial charge in [0, 0.05) is 19.8 Å². The van der Waals surface area contributed by atoms with E-state index in [2.05, 4.69) is 15.3 Å². The number of carbonyl (C=O) groups excluding carboxylic acids is 2. The highest BCUT2D eigenvalue weighted by atomic mass is 16.5. The van der Waals surface area contributed by atoms with Crippen molar-refractivity contribution in [1.82, 2.24) is 14.9 Å². The highest BCUT2D eigenvalue weighted by molar-refractivity contribution is 6.02. The third-order valence-corrected chi connectivity index (χ3v) is 2.92. The maximum absolute atomic E-state index is 11.9. The first-order valence-electron chi connectivity index (χ1n) is 6.71. The summed E-state index contributed by atoms with van der Waals surface area (Å²) < 4.78 is 5.36. The number of amides is 2. The average Bonchev–Trinajstić information content (AvgIpc) is 2.92. The van der Waals surface area contributed by atoms with E-state index in [1.54, 1.807) is 45.3 Å². The van der Waals surface area contributed by atoms with Crippen molar-refractivity contribution in [3.05, 3.63) is 42.0 Å². The molecule has 116 valence electrons. The summed E-state index contributed by atoms with van der Waals surface area (Å²) in [5.74, 6) is 0.856. The topological polar surface area (TPSA) is 87.3 Å². The number of imidazole rings is 1. The van der Waals surface area contributed by atoms with Crippen molar-refractivity contribution in [1.29, 1.82) is 0 Å². The maximum Gasteiger partial charge on any atom is 0.273 e. The van der Waals surface area contributed by atoms with Gasteiger partial charge < -0.3 is 19.9 Å². The molecule has 2 rings (SSSR count). The summed E-state index contributed by atoms with van der Waals surface area (Å²) in [6.45, 7) is 1.75. The van der Waals surface area contributed by atoms with E-state index >= 15 is 0 Å². The Morgan fingerprint density at radius 3 is 2.50 bits per heavy atom. The first-order chi connectivity index (χ1) is 10.5. The molecule has 0 unspecified atom stereocenters. The molecule has 0 saturated carbocycles. The Labute approximate surface area is 128 Å². The van der Waals surface area contributed by atoms with Crippen molar-refractivity contribution in [2.45, 2.75) is 6.92 Å². The molecule has 1 aromatic carbocycles. The lowest BCUT2D eigenvalue weighted by Crippen LogP contribution is -2.27. The van der Waals surface area contributed by atoms with E-state index in [9.17, 15) is 9.59 Å². The molecular formula is C15H18N4O3. The van der Waals surface area contributed by atoms with E-state index in [1.165, 1.54) is 11.1 Å². The highest BCUT2D eigenvalue weighted by Crippen LogP contribution is 2.16. The van der Waals surface area contributed by atoms with Crippen LogP contribution in [0, 0.1) is 6.92 Å². The molecule has 0 atom stereocenters. The Morgan fingerprint density at radius 1 is 1.27 bits per heavy atom. The number of nitrogens with zero attached hydrogens (tertiary/aromatic N) is 2. The molecule has 7 heteroatoms. The van der Waals surface area contributed by atoms with Crippen LogP contribution in [0.3, 0.4) is 0 Å². The minimum atomic E-state index is -0.267. The van der Waals surface area contributed by atoms with Crippen molar-refractivity contribution in [3.63, 3.8) is 0 Å². The number of hydrogen-bond donors (Lipinski definition) is 2. The van der Waals surface area contributed by atoms with E-state index in [-0.39, 0.29) is 18.4 Å².